The van der Waals surface area contributed by atoms with Gasteiger partial charge >= 0.3 is 11.9 Å². The Balaban J connectivity index is 4.88. The summed E-state index contributed by atoms with van der Waals surface area (Å²) in [5, 5.41) is 0. The minimum Gasteiger partial charge on any atom is -0.462 e. The van der Waals surface area contributed by atoms with Gasteiger partial charge in [-0.2, -0.15) is 0 Å². The Morgan fingerprint density at radius 3 is 1.85 bits per heavy atom. The molecule has 0 fully saturated rings. The van der Waals surface area contributed by atoms with Crippen LogP contribution in [0.4, 0.5) is 0 Å². The minimum absolute atomic E-state index is 0.0943. The predicted octanol–water partition coefficient (Wildman–Crippen LogP) is 3.28. The Hall–Kier alpha value is -1.58. The van der Waals surface area contributed by atoms with Gasteiger partial charge in [0, 0.05) is 16.6 Å². The molecule has 0 N–H and O–H groups in total. The van der Waals surface area contributed by atoms with Crippen LogP contribution >= 0.6 is 0 Å². The van der Waals surface area contributed by atoms with E-state index in [1.54, 1.807) is 13.8 Å². The van der Waals surface area contributed by atoms with Crippen LogP contribution in [0.1, 0.15) is 41.5 Å². The van der Waals surface area contributed by atoms with Gasteiger partial charge in [-0.05, 0) is 19.8 Å². The molecule has 0 spiro atoms. The van der Waals surface area contributed by atoms with E-state index in [0.29, 0.717) is 11.1 Å². The number of hydrogen-bond acceptors (Lipinski definition) is 4. The second-order valence-corrected chi connectivity index (χ2v) is 6.20. The summed E-state index contributed by atoms with van der Waals surface area (Å²) in [6.45, 7) is 18.2. The van der Waals surface area contributed by atoms with Crippen LogP contribution in [0.25, 0.3) is 0 Å². The average Bonchev–Trinajstić information content (AvgIpc) is 2.31. The van der Waals surface area contributed by atoms with Crippen LogP contribution in [0.2, 0.25) is 0 Å². The van der Waals surface area contributed by atoms with Crippen molar-refractivity contribution < 1.29 is 19.1 Å². The van der Waals surface area contributed by atoms with E-state index in [4.69, 9.17) is 9.47 Å². The van der Waals surface area contributed by atoms with Gasteiger partial charge in [0.05, 0.1) is 0 Å². The standard InChI is InChI=1S/C16H26O4/c1-10(2)13(20-15(18)12(5)6)16(7,8)9-19-14(17)11(3)4/h10,13H,3,5,9H2,1-2,4,6-8H3/t13-/m1/s1. The summed E-state index contributed by atoms with van der Waals surface area (Å²) >= 11 is 0. The van der Waals surface area contributed by atoms with Crippen LogP contribution < -0.4 is 0 Å². The first kappa shape index (κ1) is 18.4. The molecular formula is C16H26O4. The molecule has 0 saturated heterocycles. The van der Waals surface area contributed by atoms with Crippen molar-refractivity contribution in [2.24, 2.45) is 11.3 Å². The van der Waals surface area contributed by atoms with Crippen molar-refractivity contribution in [2.75, 3.05) is 6.61 Å². The van der Waals surface area contributed by atoms with Crippen LogP contribution in [0.15, 0.2) is 24.3 Å². The lowest BCUT2D eigenvalue weighted by Crippen LogP contribution is -2.41. The van der Waals surface area contributed by atoms with Gasteiger partial charge in [0.25, 0.3) is 0 Å². The first-order valence-electron chi connectivity index (χ1n) is 6.68. The zero-order chi connectivity index (χ0) is 16.1. The molecule has 1 atom stereocenters. The summed E-state index contributed by atoms with van der Waals surface area (Å²) in [5.74, 6) is -0.772. The third-order valence-corrected chi connectivity index (χ3v) is 2.88. The van der Waals surface area contributed by atoms with Crippen molar-refractivity contribution >= 4 is 11.9 Å². The highest BCUT2D eigenvalue weighted by molar-refractivity contribution is 5.87. The van der Waals surface area contributed by atoms with Crippen LogP contribution in [0.5, 0.6) is 0 Å². The molecule has 0 rings (SSSR count). The molecule has 0 aromatic heterocycles. The fraction of sp³-hybridized carbons (Fsp3) is 0.625. The lowest BCUT2D eigenvalue weighted by Gasteiger charge is -2.36. The van der Waals surface area contributed by atoms with Crippen molar-refractivity contribution in [3.8, 4) is 0 Å². The van der Waals surface area contributed by atoms with Crippen LogP contribution in [-0.4, -0.2) is 24.6 Å². The normalized spacial score (nSPS) is 12.8. The van der Waals surface area contributed by atoms with Crippen molar-refractivity contribution in [2.45, 2.75) is 47.6 Å². The number of ether oxygens (including phenoxy) is 2. The number of carbonyl (C=O) groups is 2. The lowest BCUT2D eigenvalue weighted by molar-refractivity contribution is -0.160. The van der Waals surface area contributed by atoms with Gasteiger partial charge in [0.15, 0.2) is 0 Å². The molecule has 0 aromatic rings. The molecule has 114 valence electrons. The maximum atomic E-state index is 11.7. The van der Waals surface area contributed by atoms with E-state index < -0.39 is 17.4 Å². The van der Waals surface area contributed by atoms with E-state index in [9.17, 15) is 9.59 Å². The van der Waals surface area contributed by atoms with Gasteiger partial charge < -0.3 is 9.47 Å². The molecule has 0 unspecified atom stereocenters. The molecule has 0 radical (unpaired) electrons. The Kier molecular flexibility index (Phi) is 6.69. The van der Waals surface area contributed by atoms with Gasteiger partial charge in [-0.15, -0.1) is 0 Å². The third-order valence-electron chi connectivity index (χ3n) is 2.88. The molecule has 0 aliphatic heterocycles. The Morgan fingerprint density at radius 2 is 1.50 bits per heavy atom. The highest BCUT2D eigenvalue weighted by atomic mass is 16.6. The second kappa shape index (κ2) is 7.27. The van der Waals surface area contributed by atoms with Crippen molar-refractivity contribution in [3.05, 3.63) is 24.3 Å². The number of hydrogen-bond donors (Lipinski definition) is 0. The summed E-state index contributed by atoms with van der Waals surface area (Å²) in [6.07, 6.45) is -0.371. The molecule has 0 saturated carbocycles. The predicted molar refractivity (Wildman–Crippen MR) is 79.1 cm³/mol. The van der Waals surface area contributed by atoms with Crippen LogP contribution in [-0.2, 0) is 19.1 Å². The summed E-state index contributed by atoms with van der Waals surface area (Å²) in [6, 6.07) is 0. The monoisotopic (exact) mass is 282 g/mol. The average molecular weight is 282 g/mol. The van der Waals surface area contributed by atoms with Crippen LogP contribution in [0.3, 0.4) is 0 Å². The molecule has 4 nitrogen and oxygen atoms in total. The maximum absolute atomic E-state index is 11.7. The van der Waals surface area contributed by atoms with Gasteiger partial charge in [-0.25, -0.2) is 9.59 Å². The Labute approximate surface area is 121 Å². The largest absolute Gasteiger partial charge is 0.462 e. The number of rotatable bonds is 7. The van der Waals surface area contributed by atoms with E-state index in [0.717, 1.165) is 0 Å². The van der Waals surface area contributed by atoms with E-state index in [1.807, 2.05) is 27.7 Å². The molecule has 4 heteroatoms. The first-order valence-corrected chi connectivity index (χ1v) is 6.68. The van der Waals surface area contributed by atoms with Gasteiger partial charge in [0.2, 0.25) is 0 Å². The maximum Gasteiger partial charge on any atom is 0.333 e. The minimum atomic E-state index is -0.496. The highest BCUT2D eigenvalue weighted by Gasteiger charge is 2.36. The molecular weight excluding hydrogens is 256 g/mol. The fourth-order valence-corrected chi connectivity index (χ4v) is 1.87. The summed E-state index contributed by atoms with van der Waals surface area (Å²) in [5.41, 5.74) is 0.205. The van der Waals surface area contributed by atoms with Crippen molar-refractivity contribution in [1.82, 2.24) is 0 Å². The first-order chi connectivity index (χ1) is 8.99. The Morgan fingerprint density at radius 1 is 1.05 bits per heavy atom. The van der Waals surface area contributed by atoms with E-state index in [1.165, 1.54) is 0 Å². The fourth-order valence-electron chi connectivity index (χ4n) is 1.87. The molecule has 0 aromatic carbocycles. The molecule has 20 heavy (non-hydrogen) atoms. The zero-order valence-electron chi connectivity index (χ0n) is 13.4. The highest BCUT2D eigenvalue weighted by Crippen LogP contribution is 2.30. The van der Waals surface area contributed by atoms with Crippen LogP contribution in [0, 0.1) is 11.3 Å². The summed E-state index contributed by atoms with van der Waals surface area (Å²) in [7, 11) is 0. The van der Waals surface area contributed by atoms with Gasteiger partial charge in [-0.1, -0.05) is 40.9 Å². The topological polar surface area (TPSA) is 52.6 Å². The molecule has 0 heterocycles. The molecule has 0 bridgehead atoms. The smallest absolute Gasteiger partial charge is 0.333 e. The third kappa shape index (κ3) is 5.59. The number of esters is 2. The van der Waals surface area contributed by atoms with E-state index >= 15 is 0 Å². The van der Waals surface area contributed by atoms with Crippen molar-refractivity contribution in [3.63, 3.8) is 0 Å². The summed E-state index contributed by atoms with van der Waals surface area (Å²) in [4.78, 5) is 23.2. The zero-order valence-corrected chi connectivity index (χ0v) is 13.4. The summed E-state index contributed by atoms with van der Waals surface area (Å²) < 4.78 is 10.7. The quantitative estimate of drug-likeness (QED) is 0.531. The SMILES string of the molecule is C=C(C)C(=O)OCC(C)(C)[C@H](OC(=O)C(=C)C)C(C)C. The molecule has 0 aliphatic carbocycles. The number of carbonyl (C=O) groups excluding carboxylic acids is 2. The van der Waals surface area contributed by atoms with Crippen molar-refractivity contribution in [1.29, 1.82) is 0 Å². The Bertz CT molecular complexity index is 405. The van der Waals surface area contributed by atoms with E-state index in [2.05, 4.69) is 13.2 Å². The molecule has 0 aliphatic rings. The molecule has 0 amide bonds. The van der Waals surface area contributed by atoms with Gasteiger partial charge in [-0.3, -0.25) is 0 Å². The van der Waals surface area contributed by atoms with Gasteiger partial charge in [0.1, 0.15) is 12.7 Å². The lowest BCUT2D eigenvalue weighted by atomic mass is 9.81. The van der Waals surface area contributed by atoms with E-state index in [-0.39, 0.29) is 18.6 Å². The second-order valence-electron chi connectivity index (χ2n) is 6.20.